The summed E-state index contributed by atoms with van der Waals surface area (Å²) in [6.07, 6.45) is 0. The number of nitrogens with zero attached hydrogens (tertiary/aromatic N) is 2. The van der Waals surface area contributed by atoms with Gasteiger partial charge in [-0.3, -0.25) is 9.69 Å². The number of rotatable bonds is 3. The van der Waals surface area contributed by atoms with Crippen LogP contribution in [0.5, 0.6) is 0 Å². The van der Waals surface area contributed by atoms with E-state index in [0.29, 0.717) is 0 Å². The van der Waals surface area contributed by atoms with Crippen molar-refractivity contribution in [3.63, 3.8) is 0 Å². The molecule has 2 rings (SSSR count). The zero-order valence-corrected chi connectivity index (χ0v) is 13.6. The summed E-state index contributed by atoms with van der Waals surface area (Å²) in [7, 11) is 2.17. The molecular formula is C18H31N3O. The van der Waals surface area contributed by atoms with E-state index in [-0.39, 0.29) is 18.9 Å². The number of piperazine rings is 1. The van der Waals surface area contributed by atoms with Gasteiger partial charge in [0.05, 0.1) is 0 Å². The smallest absolute Gasteiger partial charge is 0.251 e. The molecule has 0 aliphatic carbocycles. The van der Waals surface area contributed by atoms with Crippen LogP contribution in [0.4, 0.5) is 0 Å². The standard InChI is InChI=1S/C17H27N3O.CH4/c1-17(2,3)18-16(21)15-7-5-14(6-8-15)13-20-11-9-19(4)10-12-20;/h5-8H,9-13H2,1-4H3,(H,18,21);1H4. The molecule has 0 aromatic heterocycles. The van der Waals surface area contributed by atoms with Gasteiger partial charge in [-0.2, -0.15) is 0 Å². The third-order valence-corrected chi connectivity index (χ3v) is 3.71. The summed E-state index contributed by atoms with van der Waals surface area (Å²) in [5, 5.41) is 2.99. The molecule has 0 atom stereocenters. The first-order valence-corrected chi connectivity index (χ1v) is 7.66. The van der Waals surface area contributed by atoms with E-state index in [0.717, 1.165) is 38.3 Å². The number of carbonyl (C=O) groups excluding carboxylic acids is 1. The maximum atomic E-state index is 12.1. The van der Waals surface area contributed by atoms with Crippen molar-refractivity contribution in [2.45, 2.75) is 40.3 Å². The second-order valence-corrected chi connectivity index (χ2v) is 6.98. The molecule has 1 aromatic carbocycles. The lowest BCUT2D eigenvalue weighted by atomic mass is 10.1. The zero-order chi connectivity index (χ0) is 15.5. The molecule has 1 aliphatic heterocycles. The molecule has 0 spiro atoms. The molecule has 1 aromatic rings. The Morgan fingerprint density at radius 1 is 1.09 bits per heavy atom. The van der Waals surface area contributed by atoms with Crippen LogP contribution in [0.25, 0.3) is 0 Å². The molecular weight excluding hydrogens is 274 g/mol. The molecule has 4 nitrogen and oxygen atoms in total. The summed E-state index contributed by atoms with van der Waals surface area (Å²) < 4.78 is 0. The van der Waals surface area contributed by atoms with Gasteiger partial charge in [0, 0.05) is 43.8 Å². The molecule has 0 unspecified atom stereocenters. The first kappa shape index (κ1) is 18.7. The molecule has 1 fully saturated rings. The van der Waals surface area contributed by atoms with Crippen LogP contribution in [0.3, 0.4) is 0 Å². The van der Waals surface area contributed by atoms with E-state index in [2.05, 4.69) is 34.3 Å². The van der Waals surface area contributed by atoms with Gasteiger partial charge in [-0.05, 0) is 45.5 Å². The largest absolute Gasteiger partial charge is 0.347 e. The van der Waals surface area contributed by atoms with E-state index in [1.54, 1.807) is 0 Å². The van der Waals surface area contributed by atoms with Crippen molar-refractivity contribution in [1.82, 2.24) is 15.1 Å². The minimum Gasteiger partial charge on any atom is -0.347 e. The second kappa shape index (κ2) is 7.75. The van der Waals surface area contributed by atoms with Crippen molar-refractivity contribution >= 4 is 5.91 Å². The van der Waals surface area contributed by atoms with Crippen molar-refractivity contribution in [2.75, 3.05) is 33.2 Å². The predicted octanol–water partition coefficient (Wildman–Crippen LogP) is 2.60. The molecule has 0 saturated carbocycles. The molecule has 1 heterocycles. The number of benzene rings is 1. The fraction of sp³-hybridized carbons (Fsp3) is 0.611. The highest BCUT2D eigenvalue weighted by Gasteiger charge is 2.16. The molecule has 1 N–H and O–H groups in total. The van der Waals surface area contributed by atoms with Gasteiger partial charge in [0.25, 0.3) is 5.91 Å². The van der Waals surface area contributed by atoms with Gasteiger partial charge in [-0.15, -0.1) is 0 Å². The third kappa shape index (κ3) is 5.78. The first-order valence-electron chi connectivity index (χ1n) is 7.66. The maximum absolute atomic E-state index is 12.1. The number of carbonyl (C=O) groups is 1. The van der Waals surface area contributed by atoms with E-state index >= 15 is 0 Å². The Kier molecular flexibility index (Phi) is 6.57. The number of hydrogen-bond donors (Lipinski definition) is 1. The van der Waals surface area contributed by atoms with Crippen molar-refractivity contribution in [2.24, 2.45) is 0 Å². The Balaban J connectivity index is 0.00000242. The van der Waals surface area contributed by atoms with E-state index in [1.165, 1.54) is 5.56 Å². The average Bonchev–Trinajstić information content (AvgIpc) is 2.40. The zero-order valence-electron chi connectivity index (χ0n) is 13.6. The van der Waals surface area contributed by atoms with Gasteiger partial charge in [-0.1, -0.05) is 19.6 Å². The van der Waals surface area contributed by atoms with Crippen molar-refractivity contribution in [3.05, 3.63) is 35.4 Å². The molecule has 22 heavy (non-hydrogen) atoms. The Morgan fingerprint density at radius 2 is 1.64 bits per heavy atom. The lowest BCUT2D eigenvalue weighted by Crippen LogP contribution is -2.43. The minimum atomic E-state index is -0.199. The fourth-order valence-corrected chi connectivity index (χ4v) is 2.44. The highest BCUT2D eigenvalue weighted by atomic mass is 16.1. The SMILES string of the molecule is C.CN1CCN(Cc2ccc(C(=O)NC(C)(C)C)cc2)CC1. The predicted molar refractivity (Wildman–Crippen MR) is 93.2 cm³/mol. The fourth-order valence-electron chi connectivity index (χ4n) is 2.44. The number of amides is 1. The van der Waals surface area contributed by atoms with E-state index in [9.17, 15) is 4.79 Å². The van der Waals surface area contributed by atoms with Gasteiger partial charge in [0.2, 0.25) is 0 Å². The summed E-state index contributed by atoms with van der Waals surface area (Å²) in [5.41, 5.74) is 1.80. The Hall–Kier alpha value is -1.39. The highest BCUT2D eigenvalue weighted by molar-refractivity contribution is 5.94. The average molecular weight is 305 g/mol. The van der Waals surface area contributed by atoms with Crippen LogP contribution in [0.2, 0.25) is 0 Å². The normalized spacial score (nSPS) is 16.9. The van der Waals surface area contributed by atoms with E-state index in [4.69, 9.17) is 0 Å². The second-order valence-electron chi connectivity index (χ2n) is 6.98. The summed E-state index contributed by atoms with van der Waals surface area (Å²) >= 11 is 0. The van der Waals surface area contributed by atoms with E-state index < -0.39 is 0 Å². The molecule has 1 aliphatic rings. The number of likely N-dealkylation sites (N-methyl/N-ethyl adjacent to an activating group) is 1. The van der Waals surface area contributed by atoms with Crippen LogP contribution in [0, 0.1) is 0 Å². The highest BCUT2D eigenvalue weighted by Crippen LogP contribution is 2.11. The minimum absolute atomic E-state index is 0. The molecule has 0 radical (unpaired) electrons. The molecule has 124 valence electrons. The molecule has 0 bridgehead atoms. The molecule has 4 heteroatoms. The Bertz CT molecular complexity index is 468. The monoisotopic (exact) mass is 305 g/mol. The molecule has 1 saturated heterocycles. The van der Waals surface area contributed by atoms with Crippen molar-refractivity contribution < 1.29 is 4.79 Å². The van der Waals surface area contributed by atoms with Crippen LogP contribution in [0.15, 0.2) is 24.3 Å². The van der Waals surface area contributed by atoms with Crippen LogP contribution in [-0.2, 0) is 6.54 Å². The first-order chi connectivity index (χ1) is 9.83. The summed E-state index contributed by atoms with van der Waals surface area (Å²) in [6, 6.07) is 7.98. The van der Waals surface area contributed by atoms with Crippen LogP contribution >= 0.6 is 0 Å². The summed E-state index contributed by atoms with van der Waals surface area (Å²) in [6.45, 7) is 11.4. The molecule has 1 amide bonds. The van der Waals surface area contributed by atoms with Gasteiger partial charge < -0.3 is 10.2 Å². The third-order valence-electron chi connectivity index (χ3n) is 3.71. The van der Waals surface area contributed by atoms with Crippen LogP contribution in [-0.4, -0.2) is 54.5 Å². The maximum Gasteiger partial charge on any atom is 0.251 e. The quantitative estimate of drug-likeness (QED) is 0.932. The number of hydrogen-bond acceptors (Lipinski definition) is 3. The summed E-state index contributed by atoms with van der Waals surface area (Å²) in [4.78, 5) is 16.9. The number of nitrogens with one attached hydrogen (secondary N) is 1. The topological polar surface area (TPSA) is 35.6 Å². The van der Waals surface area contributed by atoms with Crippen molar-refractivity contribution in [1.29, 1.82) is 0 Å². The lowest BCUT2D eigenvalue weighted by Gasteiger charge is -2.32. The van der Waals surface area contributed by atoms with E-state index in [1.807, 2.05) is 32.9 Å². The van der Waals surface area contributed by atoms with Crippen LogP contribution in [0.1, 0.15) is 44.1 Å². The van der Waals surface area contributed by atoms with Gasteiger partial charge in [0.1, 0.15) is 0 Å². The van der Waals surface area contributed by atoms with Gasteiger partial charge in [0.15, 0.2) is 0 Å². The Morgan fingerprint density at radius 3 is 2.14 bits per heavy atom. The Labute approximate surface area is 135 Å². The van der Waals surface area contributed by atoms with Gasteiger partial charge in [-0.25, -0.2) is 0 Å². The van der Waals surface area contributed by atoms with Crippen molar-refractivity contribution in [3.8, 4) is 0 Å². The lowest BCUT2D eigenvalue weighted by molar-refractivity contribution is 0.0919. The van der Waals surface area contributed by atoms with Gasteiger partial charge >= 0.3 is 0 Å². The summed E-state index contributed by atoms with van der Waals surface area (Å²) in [5.74, 6) is -0.00588. The van der Waals surface area contributed by atoms with Crippen LogP contribution < -0.4 is 5.32 Å².